The highest BCUT2D eigenvalue weighted by atomic mass is 16.2. The molecule has 0 radical (unpaired) electrons. The quantitative estimate of drug-likeness (QED) is 0.634. The largest absolute Gasteiger partial charge is 0.383 e. The zero-order chi connectivity index (χ0) is 21.3. The minimum atomic E-state index is -0.252. The normalized spacial score (nSPS) is 16.2. The molecule has 0 spiro atoms. The van der Waals surface area contributed by atoms with Gasteiger partial charge in [-0.1, -0.05) is 17.7 Å². The Morgan fingerprint density at radius 2 is 1.90 bits per heavy atom. The van der Waals surface area contributed by atoms with E-state index in [-0.39, 0.29) is 17.6 Å². The first-order chi connectivity index (χ1) is 14.4. The Bertz CT molecular complexity index is 1070. The van der Waals surface area contributed by atoms with Crippen LogP contribution in [0.15, 0.2) is 42.7 Å². The number of benzene rings is 1. The van der Waals surface area contributed by atoms with E-state index in [0.717, 1.165) is 16.9 Å². The molecule has 4 rings (SSSR count). The van der Waals surface area contributed by atoms with Gasteiger partial charge in [0.25, 0.3) is 0 Å². The van der Waals surface area contributed by atoms with Gasteiger partial charge < -0.3 is 10.6 Å². The lowest BCUT2D eigenvalue weighted by Gasteiger charge is -2.16. The summed E-state index contributed by atoms with van der Waals surface area (Å²) in [6.07, 6.45) is 4.27. The standard InChI is InChI=1S/C22H26N6O2/c1-15-3-5-18(6-4-15)28-22(23)19(13-25-28)21(30)17-8-11-26(14-17)20(29)9-12-27-16(2)7-10-24-27/h3-7,10,13,17H,8-9,11-12,14,23H2,1-2H3/t17-/m0/s1. The van der Waals surface area contributed by atoms with E-state index in [0.29, 0.717) is 43.9 Å². The summed E-state index contributed by atoms with van der Waals surface area (Å²) in [6.45, 7) is 5.52. The molecular formula is C22H26N6O2. The van der Waals surface area contributed by atoms with E-state index in [4.69, 9.17) is 5.73 Å². The molecule has 0 aliphatic carbocycles. The smallest absolute Gasteiger partial charge is 0.224 e. The molecule has 8 heteroatoms. The molecule has 0 saturated carbocycles. The minimum absolute atomic E-state index is 0.0449. The second kappa shape index (κ2) is 8.14. The van der Waals surface area contributed by atoms with E-state index in [1.807, 2.05) is 48.9 Å². The monoisotopic (exact) mass is 406 g/mol. The van der Waals surface area contributed by atoms with Gasteiger partial charge in [-0.05, 0) is 38.5 Å². The topological polar surface area (TPSA) is 99.0 Å². The van der Waals surface area contributed by atoms with Crippen LogP contribution < -0.4 is 5.73 Å². The maximum Gasteiger partial charge on any atom is 0.224 e. The maximum absolute atomic E-state index is 13.0. The number of nitrogens with zero attached hydrogens (tertiary/aromatic N) is 5. The zero-order valence-corrected chi connectivity index (χ0v) is 17.3. The summed E-state index contributed by atoms with van der Waals surface area (Å²) in [6, 6.07) is 9.71. The van der Waals surface area contributed by atoms with Crippen LogP contribution in [0.5, 0.6) is 0 Å². The number of carbonyl (C=O) groups is 2. The van der Waals surface area contributed by atoms with E-state index in [2.05, 4.69) is 10.2 Å². The van der Waals surface area contributed by atoms with Crippen LogP contribution in [0.1, 0.15) is 34.5 Å². The van der Waals surface area contributed by atoms with Gasteiger partial charge in [-0.25, -0.2) is 4.68 Å². The van der Waals surface area contributed by atoms with Crippen molar-refractivity contribution >= 4 is 17.5 Å². The van der Waals surface area contributed by atoms with Crippen LogP contribution in [0.2, 0.25) is 0 Å². The molecule has 2 aromatic heterocycles. The minimum Gasteiger partial charge on any atom is -0.383 e. The highest BCUT2D eigenvalue weighted by molar-refractivity contribution is 6.02. The number of Topliss-reactive ketones (excluding diaryl/α,β-unsaturated/α-hetero) is 1. The first-order valence-electron chi connectivity index (χ1n) is 10.1. The van der Waals surface area contributed by atoms with E-state index < -0.39 is 0 Å². The second-order valence-corrected chi connectivity index (χ2v) is 7.83. The van der Waals surface area contributed by atoms with Crippen LogP contribution in [-0.2, 0) is 11.3 Å². The Kier molecular flexibility index (Phi) is 5.39. The van der Waals surface area contributed by atoms with Crippen molar-refractivity contribution in [3.05, 3.63) is 59.5 Å². The van der Waals surface area contributed by atoms with Gasteiger partial charge in [-0.15, -0.1) is 0 Å². The Balaban J connectivity index is 1.39. The number of nitrogens with two attached hydrogens (primary N) is 1. The van der Waals surface area contributed by atoms with Gasteiger partial charge in [0.15, 0.2) is 5.78 Å². The van der Waals surface area contributed by atoms with Gasteiger partial charge in [0.05, 0.1) is 17.4 Å². The van der Waals surface area contributed by atoms with Gasteiger partial charge in [-0.2, -0.15) is 10.2 Å². The summed E-state index contributed by atoms with van der Waals surface area (Å²) < 4.78 is 3.40. The number of aryl methyl sites for hydroxylation is 3. The van der Waals surface area contributed by atoms with Gasteiger partial charge in [0, 0.05) is 43.9 Å². The fourth-order valence-corrected chi connectivity index (χ4v) is 3.85. The molecule has 156 valence electrons. The van der Waals surface area contributed by atoms with Crippen molar-refractivity contribution in [2.75, 3.05) is 18.8 Å². The van der Waals surface area contributed by atoms with Gasteiger partial charge in [0.1, 0.15) is 5.82 Å². The van der Waals surface area contributed by atoms with E-state index in [1.165, 1.54) is 6.20 Å². The number of anilines is 1. The zero-order valence-electron chi connectivity index (χ0n) is 17.3. The van der Waals surface area contributed by atoms with E-state index in [9.17, 15) is 9.59 Å². The van der Waals surface area contributed by atoms with Crippen LogP contribution in [0.25, 0.3) is 5.69 Å². The lowest BCUT2D eigenvalue weighted by molar-refractivity contribution is -0.130. The summed E-state index contributed by atoms with van der Waals surface area (Å²) in [4.78, 5) is 27.4. The predicted octanol–water partition coefficient (Wildman–Crippen LogP) is 2.39. The lowest BCUT2D eigenvalue weighted by Crippen LogP contribution is -2.30. The third-order valence-corrected chi connectivity index (χ3v) is 5.73. The molecule has 0 bridgehead atoms. The number of carbonyl (C=O) groups excluding carboxylic acids is 2. The summed E-state index contributed by atoms with van der Waals surface area (Å²) >= 11 is 0. The van der Waals surface area contributed by atoms with Crippen molar-refractivity contribution in [1.29, 1.82) is 0 Å². The number of nitrogen functional groups attached to an aromatic ring is 1. The van der Waals surface area contributed by atoms with Gasteiger partial charge >= 0.3 is 0 Å². The van der Waals surface area contributed by atoms with Crippen LogP contribution in [0.3, 0.4) is 0 Å². The van der Waals surface area contributed by atoms with Crippen LogP contribution in [0.4, 0.5) is 5.82 Å². The van der Waals surface area contributed by atoms with Crippen LogP contribution in [-0.4, -0.2) is 49.2 Å². The van der Waals surface area contributed by atoms with Crippen molar-refractivity contribution in [3.63, 3.8) is 0 Å². The third kappa shape index (κ3) is 3.85. The molecule has 0 unspecified atom stereocenters. The molecule has 2 N–H and O–H groups in total. The third-order valence-electron chi connectivity index (χ3n) is 5.73. The SMILES string of the molecule is Cc1ccc(-n2ncc(C(=O)[C@H]3CCN(C(=O)CCn4nccc4C)C3)c2N)cc1. The molecule has 1 aromatic carbocycles. The first-order valence-corrected chi connectivity index (χ1v) is 10.1. The fourth-order valence-electron chi connectivity index (χ4n) is 3.85. The molecule has 1 amide bonds. The van der Waals surface area contributed by atoms with E-state index >= 15 is 0 Å². The molecule has 1 saturated heterocycles. The number of rotatable bonds is 6. The molecule has 1 aliphatic rings. The highest BCUT2D eigenvalue weighted by Crippen LogP contribution is 2.26. The summed E-state index contributed by atoms with van der Waals surface area (Å²) in [5.41, 5.74) is 9.64. The number of amides is 1. The Morgan fingerprint density at radius 1 is 1.13 bits per heavy atom. The number of hydrogen-bond acceptors (Lipinski definition) is 5. The Morgan fingerprint density at radius 3 is 2.60 bits per heavy atom. The van der Waals surface area contributed by atoms with Crippen molar-refractivity contribution in [2.45, 2.75) is 33.2 Å². The molecule has 1 atom stereocenters. The number of aromatic nitrogens is 4. The molecule has 1 fully saturated rings. The molecule has 1 aliphatic heterocycles. The number of hydrogen-bond donors (Lipinski definition) is 1. The predicted molar refractivity (Wildman–Crippen MR) is 113 cm³/mol. The van der Waals surface area contributed by atoms with Crippen molar-refractivity contribution < 1.29 is 9.59 Å². The number of likely N-dealkylation sites (tertiary alicyclic amines) is 1. The van der Waals surface area contributed by atoms with Crippen LogP contribution >= 0.6 is 0 Å². The van der Waals surface area contributed by atoms with E-state index in [1.54, 1.807) is 15.8 Å². The Labute approximate surface area is 175 Å². The molecule has 3 heterocycles. The van der Waals surface area contributed by atoms with Crippen LogP contribution in [0, 0.1) is 19.8 Å². The fraction of sp³-hybridized carbons (Fsp3) is 0.364. The molecule has 30 heavy (non-hydrogen) atoms. The molecule has 3 aromatic rings. The lowest BCUT2D eigenvalue weighted by atomic mass is 9.98. The van der Waals surface area contributed by atoms with Crippen molar-refractivity contribution in [3.8, 4) is 5.69 Å². The van der Waals surface area contributed by atoms with Crippen molar-refractivity contribution in [2.24, 2.45) is 5.92 Å². The van der Waals surface area contributed by atoms with Gasteiger partial charge in [0.2, 0.25) is 5.91 Å². The van der Waals surface area contributed by atoms with Gasteiger partial charge in [-0.3, -0.25) is 14.3 Å². The molecular weight excluding hydrogens is 380 g/mol. The first kappa shape index (κ1) is 19.9. The Hall–Kier alpha value is -3.42. The maximum atomic E-state index is 13.0. The second-order valence-electron chi connectivity index (χ2n) is 7.83. The average Bonchev–Trinajstić information content (AvgIpc) is 3.47. The summed E-state index contributed by atoms with van der Waals surface area (Å²) in [5, 5.41) is 8.52. The van der Waals surface area contributed by atoms with Crippen molar-refractivity contribution in [1.82, 2.24) is 24.5 Å². The average molecular weight is 406 g/mol. The number of ketones is 1. The molecule has 8 nitrogen and oxygen atoms in total. The summed E-state index contributed by atoms with van der Waals surface area (Å²) in [5.74, 6) is 0.0775. The highest BCUT2D eigenvalue weighted by Gasteiger charge is 2.33. The summed E-state index contributed by atoms with van der Waals surface area (Å²) in [7, 11) is 0.